The zero-order chi connectivity index (χ0) is 19.1. The maximum absolute atomic E-state index is 12.5. The average Bonchev–Trinajstić information content (AvgIpc) is 3.13. The molecule has 0 aliphatic rings. The Balaban J connectivity index is 1.63. The van der Waals surface area contributed by atoms with E-state index >= 15 is 0 Å². The van der Waals surface area contributed by atoms with Crippen molar-refractivity contribution in [1.82, 2.24) is 19.9 Å². The van der Waals surface area contributed by atoms with E-state index in [0.29, 0.717) is 13.1 Å². The highest BCUT2D eigenvalue weighted by Gasteiger charge is 2.14. The van der Waals surface area contributed by atoms with Crippen molar-refractivity contribution >= 4 is 11.6 Å². The van der Waals surface area contributed by atoms with Gasteiger partial charge in [0.2, 0.25) is 5.91 Å². The van der Waals surface area contributed by atoms with Crippen LogP contribution in [-0.4, -0.2) is 38.9 Å². The van der Waals surface area contributed by atoms with Crippen LogP contribution in [-0.2, 0) is 11.3 Å². The highest BCUT2D eigenvalue weighted by atomic mass is 16.2. The molecule has 3 rings (SSSR count). The van der Waals surface area contributed by atoms with Gasteiger partial charge in [0.25, 0.3) is 0 Å². The molecule has 2 aromatic carbocycles. The highest BCUT2D eigenvalue weighted by molar-refractivity contribution is 5.92. The van der Waals surface area contributed by atoms with Gasteiger partial charge in [0.15, 0.2) is 0 Å². The van der Waals surface area contributed by atoms with Crippen molar-refractivity contribution in [3.8, 4) is 5.69 Å². The lowest BCUT2D eigenvalue weighted by atomic mass is 10.2. The molecule has 0 bridgehead atoms. The Morgan fingerprint density at radius 2 is 1.85 bits per heavy atom. The quantitative estimate of drug-likeness (QED) is 0.666. The Labute approximate surface area is 159 Å². The number of aromatic nitrogens is 3. The van der Waals surface area contributed by atoms with Crippen LogP contribution in [0.3, 0.4) is 0 Å². The molecule has 1 heterocycles. The fourth-order valence-corrected chi connectivity index (χ4v) is 2.92. The Morgan fingerprint density at radius 3 is 2.59 bits per heavy atom. The smallest absolute Gasteiger partial charge is 0.238 e. The van der Waals surface area contributed by atoms with Crippen LogP contribution in [0.15, 0.2) is 60.8 Å². The minimum Gasteiger partial charge on any atom is -0.325 e. The Bertz CT molecular complexity index is 875. The number of para-hydroxylation sites is 2. The van der Waals surface area contributed by atoms with E-state index in [9.17, 15) is 4.79 Å². The predicted octanol–water partition coefficient (Wildman–Crippen LogP) is 3.43. The first kappa shape index (κ1) is 18.8. The molecule has 0 atom stereocenters. The SMILES string of the molecule is CCCN(CC(=O)Nc1ccccc1C)Cc1cnn(-c2ccccc2)n1. The van der Waals surface area contributed by atoms with Gasteiger partial charge in [0.05, 0.1) is 24.1 Å². The predicted molar refractivity (Wildman–Crippen MR) is 107 cm³/mol. The van der Waals surface area contributed by atoms with Crippen LogP contribution in [0.5, 0.6) is 0 Å². The van der Waals surface area contributed by atoms with E-state index in [-0.39, 0.29) is 5.91 Å². The van der Waals surface area contributed by atoms with Gasteiger partial charge < -0.3 is 5.32 Å². The van der Waals surface area contributed by atoms with Gasteiger partial charge in [-0.1, -0.05) is 43.3 Å². The Morgan fingerprint density at radius 1 is 1.11 bits per heavy atom. The monoisotopic (exact) mass is 363 g/mol. The number of carbonyl (C=O) groups excluding carboxylic acids is 1. The third-order valence-electron chi connectivity index (χ3n) is 4.24. The van der Waals surface area contributed by atoms with Crippen LogP contribution >= 0.6 is 0 Å². The summed E-state index contributed by atoms with van der Waals surface area (Å²) >= 11 is 0. The van der Waals surface area contributed by atoms with Crippen LogP contribution in [0.4, 0.5) is 5.69 Å². The number of nitrogens with one attached hydrogen (secondary N) is 1. The lowest BCUT2D eigenvalue weighted by Gasteiger charge is -2.20. The fraction of sp³-hybridized carbons (Fsp3) is 0.286. The Kier molecular flexibility index (Phi) is 6.33. The van der Waals surface area contributed by atoms with Crippen molar-refractivity contribution in [2.24, 2.45) is 0 Å². The summed E-state index contributed by atoms with van der Waals surface area (Å²) in [6.45, 7) is 5.82. The van der Waals surface area contributed by atoms with Gasteiger partial charge >= 0.3 is 0 Å². The van der Waals surface area contributed by atoms with Gasteiger partial charge in [-0.2, -0.15) is 15.0 Å². The van der Waals surface area contributed by atoms with Crippen LogP contribution in [0.25, 0.3) is 5.69 Å². The highest BCUT2D eigenvalue weighted by Crippen LogP contribution is 2.13. The summed E-state index contributed by atoms with van der Waals surface area (Å²) in [7, 11) is 0. The molecule has 0 unspecified atom stereocenters. The molecular formula is C21H25N5O. The summed E-state index contributed by atoms with van der Waals surface area (Å²) in [5.41, 5.74) is 3.67. The van der Waals surface area contributed by atoms with E-state index in [1.54, 1.807) is 11.0 Å². The largest absolute Gasteiger partial charge is 0.325 e. The van der Waals surface area contributed by atoms with Crippen molar-refractivity contribution in [1.29, 1.82) is 0 Å². The molecule has 3 aromatic rings. The molecule has 0 aliphatic heterocycles. The number of anilines is 1. The van der Waals surface area contributed by atoms with E-state index in [2.05, 4.69) is 27.3 Å². The number of benzene rings is 2. The maximum atomic E-state index is 12.5. The summed E-state index contributed by atoms with van der Waals surface area (Å²) in [6, 6.07) is 17.6. The van der Waals surface area contributed by atoms with Gasteiger partial charge in [-0.15, -0.1) is 0 Å². The van der Waals surface area contributed by atoms with E-state index in [1.807, 2.05) is 61.5 Å². The van der Waals surface area contributed by atoms with Crippen molar-refractivity contribution < 1.29 is 4.79 Å². The van der Waals surface area contributed by atoms with Gasteiger partial charge in [0, 0.05) is 12.2 Å². The van der Waals surface area contributed by atoms with Gasteiger partial charge in [-0.05, 0) is 43.7 Å². The van der Waals surface area contributed by atoms with E-state index in [0.717, 1.165) is 35.6 Å². The number of hydrogen-bond donors (Lipinski definition) is 1. The third kappa shape index (κ3) is 5.24. The van der Waals surface area contributed by atoms with Crippen LogP contribution in [0, 0.1) is 6.92 Å². The molecule has 0 saturated carbocycles. The maximum Gasteiger partial charge on any atom is 0.238 e. The molecule has 0 aliphatic carbocycles. The lowest BCUT2D eigenvalue weighted by molar-refractivity contribution is -0.117. The van der Waals surface area contributed by atoms with Crippen LogP contribution in [0.2, 0.25) is 0 Å². The molecule has 140 valence electrons. The molecule has 0 radical (unpaired) electrons. The van der Waals surface area contributed by atoms with Crippen LogP contribution in [0.1, 0.15) is 24.6 Å². The van der Waals surface area contributed by atoms with E-state index in [1.165, 1.54) is 0 Å². The molecule has 27 heavy (non-hydrogen) atoms. The second-order valence-corrected chi connectivity index (χ2v) is 6.53. The molecule has 1 aromatic heterocycles. The van der Waals surface area contributed by atoms with Crippen molar-refractivity contribution in [3.63, 3.8) is 0 Å². The Hall–Kier alpha value is -2.99. The summed E-state index contributed by atoms with van der Waals surface area (Å²) in [5, 5.41) is 11.9. The molecule has 1 N–H and O–H groups in total. The summed E-state index contributed by atoms with van der Waals surface area (Å²) in [5.74, 6) is -0.0202. The number of amides is 1. The first-order chi connectivity index (χ1) is 13.2. The number of nitrogens with zero attached hydrogens (tertiary/aromatic N) is 4. The van der Waals surface area contributed by atoms with Crippen molar-refractivity contribution in [2.45, 2.75) is 26.8 Å². The van der Waals surface area contributed by atoms with Crippen molar-refractivity contribution in [3.05, 3.63) is 72.1 Å². The molecule has 0 saturated heterocycles. The standard InChI is InChI=1S/C21H25N5O/c1-3-13-25(16-21(27)23-20-12-8-7-9-17(20)2)15-18-14-22-26(24-18)19-10-5-4-6-11-19/h4-12,14H,3,13,15-16H2,1-2H3,(H,23,27). The number of rotatable bonds is 8. The second-order valence-electron chi connectivity index (χ2n) is 6.53. The second kappa shape index (κ2) is 9.09. The third-order valence-corrected chi connectivity index (χ3v) is 4.24. The zero-order valence-electron chi connectivity index (χ0n) is 15.8. The average molecular weight is 363 g/mol. The molecule has 6 nitrogen and oxygen atoms in total. The van der Waals surface area contributed by atoms with Gasteiger partial charge in [-0.25, -0.2) is 0 Å². The molecule has 0 spiro atoms. The lowest BCUT2D eigenvalue weighted by Crippen LogP contribution is -2.33. The molecule has 6 heteroatoms. The fourth-order valence-electron chi connectivity index (χ4n) is 2.92. The number of carbonyl (C=O) groups is 1. The van der Waals surface area contributed by atoms with Gasteiger partial charge in [-0.3, -0.25) is 9.69 Å². The molecule has 1 amide bonds. The summed E-state index contributed by atoms with van der Waals surface area (Å²) in [4.78, 5) is 16.2. The first-order valence-corrected chi connectivity index (χ1v) is 9.20. The minimum absolute atomic E-state index is 0.0202. The van der Waals surface area contributed by atoms with Crippen molar-refractivity contribution in [2.75, 3.05) is 18.4 Å². The molecule has 0 fully saturated rings. The summed E-state index contributed by atoms with van der Waals surface area (Å²) in [6.07, 6.45) is 2.72. The van der Waals surface area contributed by atoms with E-state index < -0.39 is 0 Å². The zero-order valence-corrected chi connectivity index (χ0v) is 15.8. The minimum atomic E-state index is -0.0202. The number of aryl methyl sites for hydroxylation is 1. The topological polar surface area (TPSA) is 63.1 Å². The summed E-state index contributed by atoms with van der Waals surface area (Å²) < 4.78 is 0. The van der Waals surface area contributed by atoms with Crippen LogP contribution < -0.4 is 5.32 Å². The molecular weight excluding hydrogens is 338 g/mol. The van der Waals surface area contributed by atoms with E-state index in [4.69, 9.17) is 0 Å². The van der Waals surface area contributed by atoms with Gasteiger partial charge in [0.1, 0.15) is 0 Å². The normalized spacial score (nSPS) is 10.9. The number of hydrogen-bond acceptors (Lipinski definition) is 4. The first-order valence-electron chi connectivity index (χ1n) is 9.20.